The predicted molar refractivity (Wildman–Crippen MR) is 55.2 cm³/mol. The van der Waals surface area contributed by atoms with Crippen LogP contribution in [-0.4, -0.2) is 49.6 Å². The van der Waals surface area contributed by atoms with E-state index in [2.05, 4.69) is 23.9 Å². The number of methoxy groups -OCH3 is 1. The Hall–Kier alpha value is -1.10. The second kappa shape index (κ2) is 5.11. The number of ether oxygens (including phenoxy) is 1. The molecule has 5 heteroatoms. The van der Waals surface area contributed by atoms with Gasteiger partial charge in [0.25, 0.3) is 0 Å². The summed E-state index contributed by atoms with van der Waals surface area (Å²) in [5.74, 6) is -0.0108. The second-order valence-electron chi connectivity index (χ2n) is 4.23. The highest BCUT2D eigenvalue weighted by molar-refractivity contribution is 5.86. The summed E-state index contributed by atoms with van der Waals surface area (Å²) in [5.41, 5.74) is 0. The lowest BCUT2D eigenvalue weighted by Gasteiger charge is -2.32. The molecule has 0 bridgehead atoms. The molecule has 0 aromatic carbocycles. The number of carbonyl (C=O) groups excluding carboxylic acids is 2. The lowest BCUT2D eigenvalue weighted by Crippen LogP contribution is -2.57. The van der Waals surface area contributed by atoms with Crippen molar-refractivity contribution in [3.05, 3.63) is 0 Å². The average molecular weight is 214 g/mol. The molecule has 1 fully saturated rings. The van der Waals surface area contributed by atoms with E-state index in [1.54, 1.807) is 0 Å². The van der Waals surface area contributed by atoms with Crippen molar-refractivity contribution in [2.45, 2.75) is 19.9 Å². The molecule has 0 aromatic rings. The average Bonchev–Trinajstić information content (AvgIpc) is 2.14. The van der Waals surface area contributed by atoms with E-state index < -0.39 is 6.04 Å². The van der Waals surface area contributed by atoms with Crippen LogP contribution in [0.4, 0.5) is 0 Å². The summed E-state index contributed by atoms with van der Waals surface area (Å²) in [5, 5.41) is 2.62. The Kier molecular flexibility index (Phi) is 4.08. The monoisotopic (exact) mass is 214 g/mol. The van der Waals surface area contributed by atoms with E-state index in [0.29, 0.717) is 19.0 Å². The molecule has 1 heterocycles. The van der Waals surface area contributed by atoms with Crippen LogP contribution in [0, 0.1) is 5.92 Å². The Morgan fingerprint density at radius 1 is 1.67 bits per heavy atom. The molecule has 5 nitrogen and oxygen atoms in total. The fourth-order valence-electron chi connectivity index (χ4n) is 1.74. The maximum atomic E-state index is 11.3. The van der Waals surface area contributed by atoms with Crippen molar-refractivity contribution in [3.8, 4) is 0 Å². The molecule has 0 saturated carbocycles. The lowest BCUT2D eigenvalue weighted by atomic mass is 10.1. The largest absolute Gasteiger partial charge is 0.467 e. The van der Waals surface area contributed by atoms with Gasteiger partial charge in [0.05, 0.1) is 13.7 Å². The van der Waals surface area contributed by atoms with Crippen molar-refractivity contribution in [3.63, 3.8) is 0 Å². The summed E-state index contributed by atoms with van der Waals surface area (Å²) >= 11 is 0. The van der Waals surface area contributed by atoms with Gasteiger partial charge in [0.2, 0.25) is 5.91 Å². The number of amides is 1. The number of rotatable bonds is 3. The Morgan fingerprint density at radius 2 is 2.33 bits per heavy atom. The van der Waals surface area contributed by atoms with E-state index >= 15 is 0 Å². The van der Waals surface area contributed by atoms with Crippen molar-refractivity contribution >= 4 is 11.9 Å². The fraction of sp³-hybridized carbons (Fsp3) is 0.800. The Balaban J connectivity index is 2.55. The third-order valence-corrected chi connectivity index (χ3v) is 2.25. The van der Waals surface area contributed by atoms with E-state index in [1.165, 1.54) is 7.11 Å². The standard InChI is InChI=1S/C10H18N2O3/c1-7(2)4-12-5-8(10(14)15-3)11-9(13)6-12/h7-8H,4-6H2,1-3H3,(H,11,13). The van der Waals surface area contributed by atoms with Gasteiger partial charge < -0.3 is 10.1 Å². The summed E-state index contributed by atoms with van der Waals surface area (Å²) in [4.78, 5) is 24.6. The molecule has 86 valence electrons. The summed E-state index contributed by atoms with van der Waals surface area (Å²) in [6, 6.07) is -0.519. The van der Waals surface area contributed by atoms with E-state index in [9.17, 15) is 9.59 Å². The van der Waals surface area contributed by atoms with Gasteiger partial charge in [0.15, 0.2) is 0 Å². The molecule has 0 aromatic heterocycles. The fourth-order valence-corrected chi connectivity index (χ4v) is 1.74. The third-order valence-electron chi connectivity index (χ3n) is 2.25. The smallest absolute Gasteiger partial charge is 0.329 e. The summed E-state index contributed by atoms with van der Waals surface area (Å²) < 4.78 is 4.61. The first-order chi connectivity index (χ1) is 7.02. The zero-order valence-electron chi connectivity index (χ0n) is 9.45. The van der Waals surface area contributed by atoms with E-state index in [-0.39, 0.29) is 11.9 Å². The zero-order valence-corrected chi connectivity index (χ0v) is 9.45. The van der Waals surface area contributed by atoms with Crippen molar-refractivity contribution in [1.29, 1.82) is 0 Å². The van der Waals surface area contributed by atoms with Gasteiger partial charge in [-0.2, -0.15) is 0 Å². The van der Waals surface area contributed by atoms with Crippen molar-refractivity contribution in [2.75, 3.05) is 26.7 Å². The molecule has 0 spiro atoms. The number of hydrogen-bond acceptors (Lipinski definition) is 4. The van der Waals surface area contributed by atoms with Gasteiger partial charge in [-0.3, -0.25) is 9.69 Å². The molecule has 1 amide bonds. The molecule has 1 unspecified atom stereocenters. The minimum Gasteiger partial charge on any atom is -0.467 e. The van der Waals surface area contributed by atoms with Crippen LogP contribution in [0.1, 0.15) is 13.8 Å². The van der Waals surface area contributed by atoms with E-state index in [4.69, 9.17) is 0 Å². The number of carbonyl (C=O) groups is 2. The maximum Gasteiger partial charge on any atom is 0.329 e. The highest BCUT2D eigenvalue weighted by Crippen LogP contribution is 2.05. The predicted octanol–water partition coefficient (Wildman–Crippen LogP) is -0.384. The van der Waals surface area contributed by atoms with Crippen molar-refractivity contribution in [1.82, 2.24) is 10.2 Å². The molecule has 15 heavy (non-hydrogen) atoms. The first-order valence-electron chi connectivity index (χ1n) is 5.12. The van der Waals surface area contributed by atoms with Crippen LogP contribution in [0.25, 0.3) is 0 Å². The first kappa shape index (κ1) is 12.0. The van der Waals surface area contributed by atoms with Crippen LogP contribution in [-0.2, 0) is 14.3 Å². The number of hydrogen-bond donors (Lipinski definition) is 1. The number of esters is 1. The molecule has 1 rings (SSSR count). The van der Waals surface area contributed by atoms with Gasteiger partial charge in [-0.05, 0) is 5.92 Å². The minimum absolute atomic E-state index is 0.114. The van der Waals surface area contributed by atoms with Crippen LogP contribution in [0.15, 0.2) is 0 Å². The Labute approximate surface area is 89.8 Å². The Morgan fingerprint density at radius 3 is 2.87 bits per heavy atom. The van der Waals surface area contributed by atoms with Crippen molar-refractivity contribution < 1.29 is 14.3 Å². The number of nitrogens with one attached hydrogen (secondary N) is 1. The van der Waals surface area contributed by atoms with Gasteiger partial charge in [0, 0.05) is 13.1 Å². The molecule has 1 saturated heterocycles. The first-order valence-corrected chi connectivity index (χ1v) is 5.12. The number of nitrogens with zero attached hydrogens (tertiary/aromatic N) is 1. The topological polar surface area (TPSA) is 58.6 Å². The van der Waals surface area contributed by atoms with Gasteiger partial charge in [-0.25, -0.2) is 4.79 Å². The van der Waals surface area contributed by atoms with Crippen LogP contribution in [0.5, 0.6) is 0 Å². The molecule has 1 N–H and O–H groups in total. The maximum absolute atomic E-state index is 11.3. The van der Waals surface area contributed by atoms with Crippen LogP contribution in [0.3, 0.4) is 0 Å². The van der Waals surface area contributed by atoms with Crippen LogP contribution < -0.4 is 5.32 Å². The van der Waals surface area contributed by atoms with Gasteiger partial charge >= 0.3 is 5.97 Å². The normalized spacial score (nSPS) is 22.7. The summed E-state index contributed by atoms with van der Waals surface area (Å²) in [6.45, 7) is 5.89. The van der Waals surface area contributed by atoms with Gasteiger partial charge in [-0.15, -0.1) is 0 Å². The summed E-state index contributed by atoms with van der Waals surface area (Å²) in [7, 11) is 1.33. The summed E-state index contributed by atoms with van der Waals surface area (Å²) in [6.07, 6.45) is 0. The molecular weight excluding hydrogens is 196 g/mol. The van der Waals surface area contributed by atoms with Crippen molar-refractivity contribution in [2.24, 2.45) is 5.92 Å². The number of piperazine rings is 1. The third kappa shape index (κ3) is 3.51. The Bertz CT molecular complexity index is 253. The van der Waals surface area contributed by atoms with Crippen LogP contribution >= 0.6 is 0 Å². The molecule has 0 aliphatic carbocycles. The van der Waals surface area contributed by atoms with E-state index in [1.807, 2.05) is 4.90 Å². The highest BCUT2D eigenvalue weighted by atomic mass is 16.5. The molecule has 1 atom stereocenters. The second-order valence-corrected chi connectivity index (χ2v) is 4.23. The quantitative estimate of drug-likeness (QED) is 0.650. The zero-order chi connectivity index (χ0) is 11.4. The lowest BCUT2D eigenvalue weighted by molar-refractivity contribution is -0.147. The molecular formula is C10H18N2O3. The van der Waals surface area contributed by atoms with Gasteiger partial charge in [-0.1, -0.05) is 13.8 Å². The SMILES string of the molecule is COC(=O)C1CN(CC(C)C)CC(=O)N1. The molecule has 0 radical (unpaired) electrons. The highest BCUT2D eigenvalue weighted by Gasteiger charge is 2.30. The molecule has 1 aliphatic heterocycles. The van der Waals surface area contributed by atoms with E-state index in [0.717, 1.165) is 6.54 Å². The molecule has 1 aliphatic rings. The van der Waals surface area contributed by atoms with Gasteiger partial charge in [0.1, 0.15) is 6.04 Å². The van der Waals surface area contributed by atoms with Crippen LogP contribution in [0.2, 0.25) is 0 Å². The minimum atomic E-state index is -0.519.